The zero-order valence-corrected chi connectivity index (χ0v) is 44.3. The van der Waals surface area contributed by atoms with E-state index in [4.69, 9.17) is 14.2 Å². The SMILES string of the molecule is C=Cc1ccc(COc2ccc(N3C(=O)C4C5CC(c6ccc(C7CC8CC7C7C(=O)N(c9ccc(-c%10ccc(C)c(OCc%11ccc(C=C)cc%11)c%10)cc9OCc9ccc(C=C)cc9)C(=O)C87)cc6)C(C5)C4C3=O)cc2)cc1. The molecule has 2 aliphatic heterocycles. The van der Waals surface area contributed by atoms with Crippen LogP contribution < -0.4 is 24.0 Å². The van der Waals surface area contributed by atoms with Crippen LogP contribution >= 0.6 is 0 Å². The number of carbonyl (C=O) groups excluding carboxylic acids is 4. The maximum Gasteiger partial charge on any atom is 0.238 e. The summed E-state index contributed by atoms with van der Waals surface area (Å²) in [5, 5.41) is 0. The van der Waals surface area contributed by atoms with E-state index >= 15 is 0 Å². The van der Waals surface area contributed by atoms with Crippen molar-refractivity contribution in [2.45, 2.75) is 64.3 Å². The standard InChI is InChI=1S/C70H62N2O7/c1-5-42-9-15-45(16-10-42)38-77-55-29-27-54(28-30-55)71-67(73)63-52-32-56(58(34-52)65(63)69(71)75)48-22-24-49(25-23-48)57-33-53-35-59(57)66-64(53)68(74)72(70(66)76)60-31-26-51(37-62(60)79-40-47-19-13-44(7-3)14-20-47)50-21-8-41(4)61(36-50)78-39-46-17-11-43(6-2)12-18-46/h5-31,36-37,52-53,56-59,63-66H,1-3,32-35,38-40H2,4H3. The van der Waals surface area contributed by atoms with E-state index in [0.29, 0.717) is 36.1 Å². The fourth-order valence-electron chi connectivity index (χ4n) is 14.5. The molecule has 0 spiro atoms. The fraction of sp³-hybridized carbons (Fsp3) is 0.257. The second-order valence-electron chi connectivity index (χ2n) is 22.7. The van der Waals surface area contributed by atoms with E-state index < -0.39 is 5.92 Å². The van der Waals surface area contributed by atoms with Gasteiger partial charge < -0.3 is 14.2 Å². The predicted molar refractivity (Wildman–Crippen MR) is 309 cm³/mol. The van der Waals surface area contributed by atoms with Crippen molar-refractivity contribution < 1.29 is 33.4 Å². The van der Waals surface area contributed by atoms with Gasteiger partial charge in [0.05, 0.1) is 35.0 Å². The Balaban J connectivity index is 0.700. The average molecular weight is 1040 g/mol. The first-order valence-corrected chi connectivity index (χ1v) is 27.8. The molecule has 79 heavy (non-hydrogen) atoms. The summed E-state index contributed by atoms with van der Waals surface area (Å²) in [7, 11) is 0. The van der Waals surface area contributed by atoms with E-state index in [1.54, 1.807) is 12.2 Å². The largest absolute Gasteiger partial charge is 0.489 e. The first-order chi connectivity index (χ1) is 38.5. The van der Waals surface area contributed by atoms with Crippen LogP contribution in [0, 0.1) is 54.3 Å². The highest BCUT2D eigenvalue weighted by Crippen LogP contribution is 2.64. The van der Waals surface area contributed by atoms with Gasteiger partial charge in [0, 0.05) is 0 Å². The molecule has 0 radical (unpaired) electrons. The Morgan fingerprint density at radius 2 is 0.861 bits per heavy atom. The Kier molecular flexibility index (Phi) is 12.9. The minimum Gasteiger partial charge on any atom is -0.489 e. The molecule has 13 rings (SSSR count). The van der Waals surface area contributed by atoms with Gasteiger partial charge in [-0.1, -0.05) is 153 Å². The van der Waals surface area contributed by atoms with Crippen molar-refractivity contribution in [3.63, 3.8) is 0 Å². The molecule has 7 aromatic rings. The van der Waals surface area contributed by atoms with Gasteiger partial charge in [0.15, 0.2) is 0 Å². The van der Waals surface area contributed by atoms with Crippen LogP contribution in [0.5, 0.6) is 17.2 Å². The van der Waals surface area contributed by atoms with Crippen LogP contribution in [-0.2, 0) is 39.0 Å². The molecule has 10 atom stereocenters. The average Bonchev–Trinajstić information content (AvgIpc) is 4.50. The molecule has 4 saturated carbocycles. The number of rotatable bonds is 17. The summed E-state index contributed by atoms with van der Waals surface area (Å²) in [4.78, 5) is 60.8. The first-order valence-electron chi connectivity index (χ1n) is 27.8. The normalized spacial score (nSPS) is 25.2. The van der Waals surface area contributed by atoms with Gasteiger partial charge in [0.1, 0.15) is 37.1 Å². The highest BCUT2D eigenvalue weighted by molar-refractivity contribution is 6.24. The number of amides is 4. The van der Waals surface area contributed by atoms with Crippen LogP contribution in [0.15, 0.2) is 177 Å². The number of fused-ring (bicyclic) bond motifs is 10. The summed E-state index contributed by atoms with van der Waals surface area (Å²) in [5.41, 5.74) is 12.4. The maximum atomic E-state index is 14.9. The first kappa shape index (κ1) is 50.0. The van der Waals surface area contributed by atoms with E-state index in [1.165, 1.54) is 20.9 Å². The van der Waals surface area contributed by atoms with Gasteiger partial charge in [-0.25, -0.2) is 4.90 Å². The van der Waals surface area contributed by atoms with Crippen molar-refractivity contribution in [3.05, 3.63) is 228 Å². The number of benzene rings is 7. The second-order valence-corrected chi connectivity index (χ2v) is 22.7. The highest BCUT2D eigenvalue weighted by atomic mass is 16.5. The van der Waals surface area contributed by atoms with Crippen LogP contribution in [0.25, 0.3) is 29.4 Å². The Hall–Kier alpha value is -8.56. The van der Waals surface area contributed by atoms with Gasteiger partial charge in [-0.15, -0.1) is 0 Å². The van der Waals surface area contributed by atoms with E-state index in [9.17, 15) is 19.2 Å². The van der Waals surface area contributed by atoms with Gasteiger partial charge in [-0.2, -0.15) is 0 Å². The molecule has 4 aliphatic carbocycles. The van der Waals surface area contributed by atoms with E-state index in [1.807, 2.05) is 140 Å². The summed E-state index contributed by atoms with van der Waals surface area (Å²) in [5.74, 6) is 0.719. The van der Waals surface area contributed by atoms with Gasteiger partial charge in [-0.05, 0) is 172 Å². The number of nitrogens with zero attached hydrogens (tertiary/aromatic N) is 2. The van der Waals surface area contributed by atoms with E-state index in [2.05, 4.69) is 50.1 Å². The molecule has 6 fully saturated rings. The third kappa shape index (κ3) is 8.89. The number of hydrogen-bond acceptors (Lipinski definition) is 7. The van der Waals surface area contributed by atoms with Crippen molar-refractivity contribution in [1.29, 1.82) is 0 Å². The van der Waals surface area contributed by atoms with Crippen LogP contribution in [-0.4, -0.2) is 23.6 Å². The molecule has 2 saturated heterocycles. The second kappa shape index (κ2) is 20.3. The smallest absolute Gasteiger partial charge is 0.238 e. The molecule has 4 bridgehead atoms. The molecule has 2 heterocycles. The van der Waals surface area contributed by atoms with Gasteiger partial charge in [0.2, 0.25) is 23.6 Å². The number of carbonyl (C=O) groups is 4. The molecule has 4 amide bonds. The summed E-state index contributed by atoms with van der Waals surface area (Å²) >= 11 is 0. The number of imide groups is 2. The summed E-state index contributed by atoms with van der Waals surface area (Å²) < 4.78 is 19.0. The quantitative estimate of drug-likeness (QED) is 0.0837. The lowest BCUT2D eigenvalue weighted by molar-refractivity contribution is -0.124. The molecule has 9 heteroatoms. The summed E-state index contributed by atoms with van der Waals surface area (Å²) in [6, 6.07) is 52.2. The molecule has 9 nitrogen and oxygen atoms in total. The highest BCUT2D eigenvalue weighted by Gasteiger charge is 2.66. The molecule has 394 valence electrons. The topological polar surface area (TPSA) is 102 Å². The molecule has 6 aliphatic rings. The molecular formula is C70H62N2O7. The van der Waals surface area contributed by atoms with Crippen molar-refractivity contribution >= 4 is 53.2 Å². The number of ether oxygens (including phenoxy) is 3. The minimum atomic E-state index is -0.416. The zero-order chi connectivity index (χ0) is 54.1. The lowest BCUT2D eigenvalue weighted by Crippen LogP contribution is -2.33. The molecular weight excluding hydrogens is 981 g/mol. The zero-order valence-electron chi connectivity index (χ0n) is 44.3. The van der Waals surface area contributed by atoms with Crippen molar-refractivity contribution in [2.24, 2.45) is 47.3 Å². The Labute approximate surface area is 461 Å². The van der Waals surface area contributed by atoms with Crippen molar-refractivity contribution in [2.75, 3.05) is 9.80 Å². The molecule has 7 aromatic carbocycles. The summed E-state index contributed by atoms with van der Waals surface area (Å²) in [6.07, 6.45) is 8.88. The van der Waals surface area contributed by atoms with Crippen LogP contribution in [0.4, 0.5) is 11.4 Å². The number of aryl methyl sites for hydroxylation is 1. The monoisotopic (exact) mass is 1040 g/mol. The van der Waals surface area contributed by atoms with Gasteiger partial charge in [-0.3, -0.25) is 24.1 Å². The third-order valence-electron chi connectivity index (χ3n) is 18.5. The lowest BCUT2D eigenvalue weighted by Gasteiger charge is -2.30. The molecule has 0 N–H and O–H groups in total. The fourth-order valence-corrected chi connectivity index (χ4v) is 14.5. The number of anilines is 2. The lowest BCUT2D eigenvalue weighted by atomic mass is 9.71. The predicted octanol–water partition coefficient (Wildman–Crippen LogP) is 14.2. The third-order valence-corrected chi connectivity index (χ3v) is 18.5. The van der Waals surface area contributed by atoms with Gasteiger partial charge in [0.25, 0.3) is 0 Å². The Morgan fingerprint density at radius 1 is 0.443 bits per heavy atom. The summed E-state index contributed by atoms with van der Waals surface area (Å²) in [6.45, 7) is 14.6. The van der Waals surface area contributed by atoms with Crippen LogP contribution in [0.3, 0.4) is 0 Å². The van der Waals surface area contributed by atoms with Gasteiger partial charge >= 0.3 is 0 Å². The van der Waals surface area contributed by atoms with Crippen molar-refractivity contribution in [3.8, 4) is 28.4 Å². The molecule has 0 aromatic heterocycles. The van der Waals surface area contributed by atoms with E-state index in [0.717, 1.165) is 81.5 Å². The molecule has 10 unspecified atom stereocenters. The van der Waals surface area contributed by atoms with E-state index in [-0.39, 0.29) is 83.5 Å². The van der Waals surface area contributed by atoms with Crippen LogP contribution in [0.1, 0.15) is 87.6 Å². The maximum absolute atomic E-state index is 14.9. The van der Waals surface area contributed by atoms with Crippen LogP contribution in [0.2, 0.25) is 0 Å². The van der Waals surface area contributed by atoms with Crippen molar-refractivity contribution in [1.82, 2.24) is 0 Å². The minimum absolute atomic E-state index is 0.0343. The number of hydrogen-bond donors (Lipinski definition) is 0. The Morgan fingerprint density at radius 3 is 1.35 bits per heavy atom. The Bertz CT molecular complexity index is 3570.